The Kier molecular flexibility index (Phi) is 5.36. The molecule has 21 heavy (non-hydrogen) atoms. The minimum Gasteiger partial charge on any atom is -0.469 e. The first-order valence-electron chi connectivity index (χ1n) is 6.20. The Morgan fingerprint density at radius 2 is 1.90 bits per heavy atom. The molecule has 0 saturated heterocycles. The van der Waals surface area contributed by atoms with Crippen LogP contribution >= 0.6 is 31.9 Å². The molecule has 0 saturated carbocycles. The fourth-order valence-electron chi connectivity index (χ4n) is 1.98. The second-order valence-electron chi connectivity index (χ2n) is 4.46. The van der Waals surface area contributed by atoms with E-state index in [0.717, 1.165) is 15.6 Å². The van der Waals surface area contributed by atoms with Crippen LogP contribution in [0.1, 0.15) is 11.1 Å². The standard InChI is InChI=1S/C15H13Br2NO3/c1-21-14(19)6-10-4-2-3-5-11(10)8-18-9-12(16)7-13(17)15(18)20/h2-5,7,9H,6,8H2,1H3. The van der Waals surface area contributed by atoms with Crippen molar-refractivity contribution in [3.63, 3.8) is 0 Å². The van der Waals surface area contributed by atoms with Crippen LogP contribution in [0.15, 0.2) is 50.3 Å². The van der Waals surface area contributed by atoms with E-state index in [1.165, 1.54) is 7.11 Å². The smallest absolute Gasteiger partial charge is 0.309 e. The second kappa shape index (κ2) is 7.04. The predicted octanol–water partition coefficient (Wildman–Crippen LogP) is 3.14. The van der Waals surface area contributed by atoms with Gasteiger partial charge in [-0.15, -0.1) is 0 Å². The van der Waals surface area contributed by atoms with Gasteiger partial charge in [0.1, 0.15) is 0 Å². The van der Waals surface area contributed by atoms with E-state index in [4.69, 9.17) is 4.74 Å². The topological polar surface area (TPSA) is 48.3 Å². The van der Waals surface area contributed by atoms with E-state index in [2.05, 4.69) is 31.9 Å². The normalized spacial score (nSPS) is 10.4. The fourth-order valence-corrected chi connectivity index (χ4v) is 3.24. The number of carbonyl (C=O) groups excluding carboxylic acids is 1. The van der Waals surface area contributed by atoms with E-state index in [1.807, 2.05) is 24.3 Å². The summed E-state index contributed by atoms with van der Waals surface area (Å²) in [7, 11) is 1.36. The maximum absolute atomic E-state index is 12.1. The molecule has 1 heterocycles. The Labute approximate surface area is 139 Å². The van der Waals surface area contributed by atoms with Gasteiger partial charge in [-0.1, -0.05) is 24.3 Å². The van der Waals surface area contributed by atoms with Crippen LogP contribution in [0.5, 0.6) is 0 Å². The summed E-state index contributed by atoms with van der Waals surface area (Å²) in [5, 5.41) is 0. The number of methoxy groups -OCH3 is 1. The molecular formula is C15H13Br2NO3. The number of carbonyl (C=O) groups is 1. The number of benzene rings is 1. The Morgan fingerprint density at radius 1 is 1.24 bits per heavy atom. The van der Waals surface area contributed by atoms with Crippen molar-refractivity contribution in [3.8, 4) is 0 Å². The average molecular weight is 415 g/mol. The van der Waals surface area contributed by atoms with Crippen molar-refractivity contribution in [2.75, 3.05) is 7.11 Å². The molecule has 0 amide bonds. The SMILES string of the molecule is COC(=O)Cc1ccccc1Cn1cc(Br)cc(Br)c1=O. The van der Waals surface area contributed by atoms with Crippen LogP contribution in [0.25, 0.3) is 0 Å². The van der Waals surface area contributed by atoms with Gasteiger partial charge >= 0.3 is 5.97 Å². The molecule has 0 N–H and O–H groups in total. The molecular weight excluding hydrogens is 402 g/mol. The van der Waals surface area contributed by atoms with Gasteiger partial charge in [0.25, 0.3) is 5.56 Å². The molecule has 4 nitrogen and oxygen atoms in total. The summed E-state index contributed by atoms with van der Waals surface area (Å²) >= 11 is 6.61. The van der Waals surface area contributed by atoms with Gasteiger partial charge in [-0.05, 0) is 49.1 Å². The van der Waals surface area contributed by atoms with Gasteiger partial charge in [-0.3, -0.25) is 9.59 Å². The molecule has 1 aromatic heterocycles. The zero-order chi connectivity index (χ0) is 15.4. The molecule has 6 heteroatoms. The summed E-state index contributed by atoms with van der Waals surface area (Å²) in [5.41, 5.74) is 1.65. The number of esters is 1. The minimum atomic E-state index is -0.301. The lowest BCUT2D eigenvalue weighted by molar-refractivity contribution is -0.139. The highest BCUT2D eigenvalue weighted by Crippen LogP contribution is 2.16. The van der Waals surface area contributed by atoms with E-state index in [-0.39, 0.29) is 17.9 Å². The molecule has 0 fully saturated rings. The fraction of sp³-hybridized carbons (Fsp3) is 0.200. The summed E-state index contributed by atoms with van der Waals surface area (Å²) in [5.74, 6) is -0.301. The number of hydrogen-bond acceptors (Lipinski definition) is 3. The van der Waals surface area contributed by atoms with E-state index in [1.54, 1.807) is 16.8 Å². The summed E-state index contributed by atoms with van der Waals surface area (Å²) in [6, 6.07) is 9.22. The molecule has 0 spiro atoms. The molecule has 1 aromatic carbocycles. The van der Waals surface area contributed by atoms with Crippen LogP contribution < -0.4 is 5.56 Å². The number of rotatable bonds is 4. The van der Waals surface area contributed by atoms with Crippen LogP contribution in [0.4, 0.5) is 0 Å². The molecule has 0 aliphatic carbocycles. The molecule has 0 unspecified atom stereocenters. The molecule has 0 bridgehead atoms. The molecule has 2 rings (SSSR count). The Balaban J connectivity index is 2.36. The summed E-state index contributed by atoms with van der Waals surface area (Å²) in [4.78, 5) is 23.6. The number of nitrogens with zero attached hydrogens (tertiary/aromatic N) is 1. The highest BCUT2D eigenvalue weighted by molar-refractivity contribution is 9.11. The van der Waals surface area contributed by atoms with Crippen molar-refractivity contribution in [1.29, 1.82) is 0 Å². The van der Waals surface area contributed by atoms with Gasteiger partial charge in [0.05, 0.1) is 24.5 Å². The Hall–Kier alpha value is -1.40. The number of hydrogen-bond donors (Lipinski definition) is 0. The van der Waals surface area contributed by atoms with E-state index in [9.17, 15) is 9.59 Å². The molecule has 2 aromatic rings. The summed E-state index contributed by atoms with van der Waals surface area (Å²) in [6.45, 7) is 0.393. The van der Waals surface area contributed by atoms with Crippen molar-refractivity contribution in [2.45, 2.75) is 13.0 Å². The van der Waals surface area contributed by atoms with Crippen molar-refractivity contribution >= 4 is 37.8 Å². The molecule has 0 atom stereocenters. The minimum absolute atomic E-state index is 0.119. The Bertz CT molecular complexity index is 725. The third kappa shape index (κ3) is 4.04. The molecule has 110 valence electrons. The van der Waals surface area contributed by atoms with Gasteiger partial charge < -0.3 is 9.30 Å². The van der Waals surface area contributed by atoms with Crippen molar-refractivity contribution < 1.29 is 9.53 Å². The van der Waals surface area contributed by atoms with E-state index in [0.29, 0.717) is 11.0 Å². The molecule has 0 aliphatic rings. The summed E-state index contributed by atoms with van der Waals surface area (Å²) < 4.78 is 7.58. The van der Waals surface area contributed by atoms with Crippen molar-refractivity contribution in [2.24, 2.45) is 0 Å². The lowest BCUT2D eigenvalue weighted by Gasteiger charge is -2.11. The van der Waals surface area contributed by atoms with Crippen molar-refractivity contribution in [1.82, 2.24) is 4.57 Å². The monoisotopic (exact) mass is 413 g/mol. The first kappa shape index (κ1) is 16.0. The Morgan fingerprint density at radius 3 is 2.57 bits per heavy atom. The van der Waals surface area contributed by atoms with Crippen molar-refractivity contribution in [3.05, 3.63) is 67.0 Å². The number of aromatic nitrogens is 1. The zero-order valence-electron chi connectivity index (χ0n) is 11.3. The number of pyridine rings is 1. The first-order valence-corrected chi connectivity index (χ1v) is 7.79. The van der Waals surface area contributed by atoms with E-state index < -0.39 is 0 Å². The predicted molar refractivity (Wildman–Crippen MR) is 87.4 cm³/mol. The van der Waals surface area contributed by atoms with Gasteiger partial charge in [0, 0.05) is 10.7 Å². The van der Waals surface area contributed by atoms with Crippen LogP contribution in [-0.2, 0) is 22.5 Å². The number of ether oxygens (including phenoxy) is 1. The van der Waals surface area contributed by atoms with Crippen LogP contribution in [-0.4, -0.2) is 17.6 Å². The highest BCUT2D eigenvalue weighted by Gasteiger charge is 2.10. The largest absolute Gasteiger partial charge is 0.469 e. The third-order valence-electron chi connectivity index (χ3n) is 3.03. The quantitative estimate of drug-likeness (QED) is 0.722. The second-order valence-corrected chi connectivity index (χ2v) is 6.23. The lowest BCUT2D eigenvalue weighted by Crippen LogP contribution is -2.21. The zero-order valence-corrected chi connectivity index (χ0v) is 14.5. The maximum atomic E-state index is 12.1. The highest BCUT2D eigenvalue weighted by atomic mass is 79.9. The third-order valence-corrected chi connectivity index (χ3v) is 4.03. The van der Waals surface area contributed by atoms with E-state index >= 15 is 0 Å². The lowest BCUT2D eigenvalue weighted by atomic mass is 10.0. The molecule has 0 aliphatic heterocycles. The van der Waals surface area contributed by atoms with Crippen LogP contribution in [0.2, 0.25) is 0 Å². The van der Waals surface area contributed by atoms with Crippen LogP contribution in [0, 0.1) is 0 Å². The summed E-state index contributed by atoms with van der Waals surface area (Å²) in [6.07, 6.45) is 1.92. The van der Waals surface area contributed by atoms with Gasteiger partial charge in [-0.25, -0.2) is 0 Å². The average Bonchev–Trinajstić information content (AvgIpc) is 2.46. The van der Waals surface area contributed by atoms with Crippen LogP contribution in [0.3, 0.4) is 0 Å². The number of halogens is 2. The molecule has 0 radical (unpaired) electrons. The van der Waals surface area contributed by atoms with Gasteiger partial charge in [0.2, 0.25) is 0 Å². The van der Waals surface area contributed by atoms with Gasteiger partial charge in [-0.2, -0.15) is 0 Å². The van der Waals surface area contributed by atoms with Gasteiger partial charge in [0.15, 0.2) is 0 Å². The first-order chi connectivity index (χ1) is 10.0. The maximum Gasteiger partial charge on any atom is 0.309 e.